The van der Waals surface area contributed by atoms with Crippen molar-refractivity contribution in [3.05, 3.63) is 80.0 Å². The van der Waals surface area contributed by atoms with E-state index in [0.29, 0.717) is 6.54 Å². The third-order valence-corrected chi connectivity index (χ3v) is 5.35. The predicted octanol–water partition coefficient (Wildman–Crippen LogP) is 5.21. The summed E-state index contributed by atoms with van der Waals surface area (Å²) in [5.41, 5.74) is 9.36. The first-order valence-electron chi connectivity index (χ1n) is 6.98. The number of hydrogen-bond acceptors (Lipinski definition) is 2. The maximum absolute atomic E-state index is 13.0. The molecule has 0 radical (unpaired) electrons. The van der Waals surface area contributed by atoms with Crippen LogP contribution in [0.2, 0.25) is 0 Å². The number of halogens is 2. The highest BCUT2D eigenvalue weighted by molar-refractivity contribution is 14.1. The van der Waals surface area contributed by atoms with E-state index in [2.05, 4.69) is 52.9 Å². The van der Waals surface area contributed by atoms with Crippen molar-refractivity contribution in [2.75, 3.05) is 0 Å². The van der Waals surface area contributed by atoms with E-state index in [-0.39, 0.29) is 5.82 Å². The standard InChI is InChI=1S/C18H15FINS/c19-15-4-1-12(2-5-15)18-8-7-17(22-18)10-14-9-16(20)6-3-13(14)11-21/h1-9H,10-11,21H2. The van der Waals surface area contributed by atoms with Gasteiger partial charge in [-0.15, -0.1) is 11.3 Å². The second-order valence-corrected chi connectivity index (χ2v) is 7.48. The summed E-state index contributed by atoms with van der Waals surface area (Å²) in [6.07, 6.45) is 0.884. The molecular weight excluding hydrogens is 408 g/mol. The zero-order valence-corrected chi connectivity index (χ0v) is 14.8. The molecule has 0 spiro atoms. The number of hydrogen-bond donors (Lipinski definition) is 1. The Morgan fingerprint density at radius 1 is 0.955 bits per heavy atom. The van der Waals surface area contributed by atoms with Crippen molar-refractivity contribution in [2.45, 2.75) is 13.0 Å². The third kappa shape index (κ3) is 3.56. The summed E-state index contributed by atoms with van der Waals surface area (Å²) in [6, 6.07) is 17.3. The molecule has 0 fully saturated rings. The first-order valence-corrected chi connectivity index (χ1v) is 8.87. The zero-order valence-electron chi connectivity index (χ0n) is 11.9. The molecule has 3 rings (SSSR count). The Labute approximate surface area is 147 Å². The van der Waals surface area contributed by atoms with E-state index in [1.807, 2.05) is 12.1 Å². The molecule has 0 aliphatic carbocycles. The lowest BCUT2D eigenvalue weighted by Gasteiger charge is -2.07. The van der Waals surface area contributed by atoms with Crippen molar-refractivity contribution in [1.29, 1.82) is 0 Å². The molecule has 2 aromatic carbocycles. The van der Waals surface area contributed by atoms with Gasteiger partial charge in [-0.2, -0.15) is 0 Å². The largest absolute Gasteiger partial charge is 0.326 e. The number of nitrogens with two attached hydrogens (primary N) is 1. The van der Waals surface area contributed by atoms with Crippen molar-refractivity contribution in [2.24, 2.45) is 5.73 Å². The van der Waals surface area contributed by atoms with Gasteiger partial charge >= 0.3 is 0 Å². The lowest BCUT2D eigenvalue weighted by molar-refractivity contribution is 0.628. The quantitative estimate of drug-likeness (QED) is 0.573. The highest BCUT2D eigenvalue weighted by Crippen LogP contribution is 2.30. The highest BCUT2D eigenvalue weighted by atomic mass is 127. The van der Waals surface area contributed by atoms with Gasteiger partial charge in [-0.05, 0) is 75.7 Å². The molecule has 0 atom stereocenters. The molecule has 0 saturated carbocycles. The normalized spacial score (nSPS) is 10.9. The van der Waals surface area contributed by atoms with Crippen LogP contribution in [0.3, 0.4) is 0 Å². The fraction of sp³-hybridized carbons (Fsp3) is 0.111. The van der Waals surface area contributed by atoms with Crippen LogP contribution in [0.15, 0.2) is 54.6 Å². The topological polar surface area (TPSA) is 26.0 Å². The van der Waals surface area contributed by atoms with Gasteiger partial charge in [0, 0.05) is 26.3 Å². The van der Waals surface area contributed by atoms with Crippen molar-refractivity contribution >= 4 is 33.9 Å². The van der Waals surface area contributed by atoms with Gasteiger partial charge in [0.1, 0.15) is 5.82 Å². The predicted molar refractivity (Wildman–Crippen MR) is 99.6 cm³/mol. The highest BCUT2D eigenvalue weighted by Gasteiger charge is 2.07. The number of benzene rings is 2. The van der Waals surface area contributed by atoms with Crippen LogP contribution in [0.1, 0.15) is 16.0 Å². The van der Waals surface area contributed by atoms with E-state index in [0.717, 1.165) is 16.9 Å². The molecule has 0 amide bonds. The van der Waals surface area contributed by atoms with Crippen LogP contribution in [0.25, 0.3) is 10.4 Å². The SMILES string of the molecule is NCc1ccc(I)cc1Cc1ccc(-c2ccc(F)cc2)s1. The summed E-state index contributed by atoms with van der Waals surface area (Å²) >= 11 is 4.07. The third-order valence-electron chi connectivity index (χ3n) is 3.54. The van der Waals surface area contributed by atoms with Crippen molar-refractivity contribution in [3.63, 3.8) is 0 Å². The molecule has 0 bridgehead atoms. The fourth-order valence-electron chi connectivity index (χ4n) is 2.39. The van der Waals surface area contributed by atoms with Crippen LogP contribution < -0.4 is 5.73 Å². The average molecular weight is 423 g/mol. The second kappa shape index (κ2) is 6.89. The lowest BCUT2D eigenvalue weighted by atomic mass is 10.0. The number of rotatable bonds is 4. The Balaban J connectivity index is 1.85. The average Bonchev–Trinajstić information content (AvgIpc) is 2.97. The van der Waals surface area contributed by atoms with Gasteiger partial charge in [-0.1, -0.05) is 18.2 Å². The molecule has 0 unspecified atom stereocenters. The van der Waals surface area contributed by atoms with E-state index >= 15 is 0 Å². The van der Waals surface area contributed by atoms with Gasteiger partial charge in [0.25, 0.3) is 0 Å². The summed E-state index contributed by atoms with van der Waals surface area (Å²) in [7, 11) is 0. The second-order valence-electron chi connectivity index (χ2n) is 5.07. The van der Waals surface area contributed by atoms with E-state index in [1.165, 1.54) is 31.7 Å². The lowest BCUT2D eigenvalue weighted by Crippen LogP contribution is -2.02. The van der Waals surface area contributed by atoms with Crippen LogP contribution in [0.5, 0.6) is 0 Å². The Kier molecular flexibility index (Phi) is 4.90. The number of thiophene rings is 1. The van der Waals surface area contributed by atoms with Crippen LogP contribution in [-0.4, -0.2) is 0 Å². The Morgan fingerprint density at radius 3 is 2.45 bits per heavy atom. The molecule has 1 aromatic heterocycles. The van der Waals surface area contributed by atoms with Crippen molar-refractivity contribution in [1.82, 2.24) is 0 Å². The summed E-state index contributed by atoms with van der Waals surface area (Å²) in [5, 5.41) is 0. The maximum atomic E-state index is 13.0. The van der Waals surface area contributed by atoms with Crippen molar-refractivity contribution in [3.8, 4) is 10.4 Å². The molecule has 0 aliphatic heterocycles. The van der Waals surface area contributed by atoms with Gasteiger partial charge in [-0.3, -0.25) is 0 Å². The maximum Gasteiger partial charge on any atom is 0.123 e. The molecule has 2 N–H and O–H groups in total. The minimum absolute atomic E-state index is 0.202. The molecule has 112 valence electrons. The van der Waals surface area contributed by atoms with E-state index in [1.54, 1.807) is 11.3 Å². The Morgan fingerprint density at radius 2 is 1.73 bits per heavy atom. The van der Waals surface area contributed by atoms with Crippen LogP contribution in [0.4, 0.5) is 4.39 Å². The first-order chi connectivity index (χ1) is 10.7. The minimum Gasteiger partial charge on any atom is -0.326 e. The first kappa shape index (κ1) is 15.6. The van der Waals surface area contributed by atoms with Crippen molar-refractivity contribution < 1.29 is 4.39 Å². The molecule has 3 aromatic rings. The van der Waals surface area contributed by atoms with Gasteiger partial charge in [0.2, 0.25) is 0 Å². The summed E-state index contributed by atoms with van der Waals surface area (Å²) < 4.78 is 14.2. The smallest absolute Gasteiger partial charge is 0.123 e. The molecule has 0 aliphatic rings. The van der Waals surface area contributed by atoms with Gasteiger partial charge in [-0.25, -0.2) is 4.39 Å². The Hall–Kier alpha value is -1.24. The van der Waals surface area contributed by atoms with Crippen LogP contribution in [0, 0.1) is 9.39 Å². The van der Waals surface area contributed by atoms with E-state index in [9.17, 15) is 4.39 Å². The monoisotopic (exact) mass is 423 g/mol. The molecule has 0 saturated heterocycles. The van der Waals surface area contributed by atoms with Crippen LogP contribution in [-0.2, 0) is 13.0 Å². The summed E-state index contributed by atoms with van der Waals surface area (Å²) in [5.74, 6) is -0.202. The molecule has 22 heavy (non-hydrogen) atoms. The fourth-order valence-corrected chi connectivity index (χ4v) is 3.98. The molecular formula is C18H15FINS. The van der Waals surface area contributed by atoms with E-state index < -0.39 is 0 Å². The summed E-state index contributed by atoms with van der Waals surface area (Å²) in [4.78, 5) is 2.45. The zero-order chi connectivity index (χ0) is 15.5. The summed E-state index contributed by atoms with van der Waals surface area (Å²) in [6.45, 7) is 0.558. The van der Waals surface area contributed by atoms with E-state index in [4.69, 9.17) is 5.73 Å². The minimum atomic E-state index is -0.202. The molecule has 4 heteroatoms. The van der Waals surface area contributed by atoms with Gasteiger partial charge in [0.15, 0.2) is 0 Å². The van der Waals surface area contributed by atoms with Gasteiger partial charge in [0.05, 0.1) is 0 Å². The Bertz CT molecular complexity index is 780. The molecule has 1 heterocycles. The van der Waals surface area contributed by atoms with Gasteiger partial charge < -0.3 is 5.73 Å². The van der Waals surface area contributed by atoms with Crippen LogP contribution >= 0.6 is 33.9 Å². The molecule has 1 nitrogen and oxygen atoms in total.